The van der Waals surface area contributed by atoms with Gasteiger partial charge in [-0.15, -0.1) is 0 Å². The molecule has 2 aromatic carbocycles. The van der Waals surface area contributed by atoms with E-state index in [-0.39, 0.29) is 30.8 Å². The minimum Gasteiger partial charge on any atom is -0.484 e. The van der Waals surface area contributed by atoms with Crippen molar-refractivity contribution >= 4 is 11.8 Å². The van der Waals surface area contributed by atoms with E-state index in [0.717, 1.165) is 11.1 Å². The Balaban J connectivity index is 2.16. The zero-order chi connectivity index (χ0) is 20.5. The molecule has 2 amide bonds. The quantitative estimate of drug-likeness (QED) is 0.718. The summed E-state index contributed by atoms with van der Waals surface area (Å²) in [5.74, 6) is -0.273. The van der Waals surface area contributed by atoms with Gasteiger partial charge in [-0.25, -0.2) is 4.39 Å². The Kier molecular flexibility index (Phi) is 7.99. The molecule has 28 heavy (non-hydrogen) atoms. The van der Waals surface area contributed by atoms with Crippen LogP contribution in [0.3, 0.4) is 0 Å². The summed E-state index contributed by atoms with van der Waals surface area (Å²) in [4.78, 5) is 26.9. The van der Waals surface area contributed by atoms with Crippen molar-refractivity contribution in [2.45, 2.75) is 39.8 Å². The predicted octanol–water partition coefficient (Wildman–Crippen LogP) is 3.46. The Labute approximate surface area is 165 Å². The largest absolute Gasteiger partial charge is 0.484 e. The second-order valence-corrected chi connectivity index (χ2v) is 6.57. The molecule has 0 aromatic heterocycles. The van der Waals surface area contributed by atoms with Gasteiger partial charge < -0.3 is 15.0 Å². The summed E-state index contributed by atoms with van der Waals surface area (Å²) in [6.45, 7) is 6.15. The van der Waals surface area contributed by atoms with Crippen LogP contribution in [0, 0.1) is 12.7 Å². The number of likely N-dealkylation sites (N-methyl/N-ethyl adjacent to an activating group) is 1. The van der Waals surface area contributed by atoms with Crippen LogP contribution in [0.5, 0.6) is 5.75 Å². The van der Waals surface area contributed by atoms with Gasteiger partial charge in [0.05, 0.1) is 0 Å². The number of nitrogens with one attached hydrogen (secondary N) is 1. The molecule has 0 spiro atoms. The van der Waals surface area contributed by atoms with Crippen LogP contribution in [-0.2, 0) is 16.1 Å². The normalized spacial score (nSPS) is 11.6. The van der Waals surface area contributed by atoms with Gasteiger partial charge in [0, 0.05) is 13.1 Å². The van der Waals surface area contributed by atoms with Crippen LogP contribution in [0.25, 0.3) is 0 Å². The fourth-order valence-electron chi connectivity index (χ4n) is 2.86. The van der Waals surface area contributed by atoms with Crippen LogP contribution in [0.1, 0.15) is 31.4 Å². The highest BCUT2D eigenvalue weighted by Crippen LogP contribution is 2.15. The van der Waals surface area contributed by atoms with E-state index in [4.69, 9.17) is 4.74 Å². The van der Waals surface area contributed by atoms with Gasteiger partial charge in [0.15, 0.2) is 6.61 Å². The van der Waals surface area contributed by atoms with Gasteiger partial charge in [-0.2, -0.15) is 0 Å². The molecule has 0 heterocycles. The molecule has 0 saturated carbocycles. The lowest BCUT2D eigenvalue weighted by atomic mass is 10.1. The van der Waals surface area contributed by atoms with E-state index in [2.05, 4.69) is 5.32 Å². The highest BCUT2D eigenvalue weighted by Gasteiger charge is 2.28. The fourth-order valence-corrected chi connectivity index (χ4v) is 2.86. The van der Waals surface area contributed by atoms with E-state index < -0.39 is 6.04 Å². The van der Waals surface area contributed by atoms with Crippen molar-refractivity contribution in [3.05, 3.63) is 65.5 Å². The maximum Gasteiger partial charge on any atom is 0.261 e. The molecule has 0 aliphatic carbocycles. The third-order valence-corrected chi connectivity index (χ3v) is 4.39. The summed E-state index contributed by atoms with van der Waals surface area (Å²) in [7, 11) is 0. The van der Waals surface area contributed by atoms with Gasteiger partial charge in [-0.1, -0.05) is 36.8 Å². The summed E-state index contributed by atoms with van der Waals surface area (Å²) in [5.41, 5.74) is 1.84. The molecule has 150 valence electrons. The molecule has 1 atom stereocenters. The summed E-state index contributed by atoms with van der Waals surface area (Å²) < 4.78 is 18.8. The number of hydrogen-bond acceptors (Lipinski definition) is 3. The number of aryl methyl sites for hydroxylation is 1. The SMILES string of the molecule is CCNC(=O)[C@@H](CC)N(Cc1ccc(F)cc1)C(=O)COc1ccc(C)cc1. The molecule has 2 aromatic rings. The lowest BCUT2D eigenvalue weighted by molar-refractivity contribution is -0.142. The molecule has 0 saturated heterocycles. The monoisotopic (exact) mass is 386 g/mol. The number of hydrogen-bond donors (Lipinski definition) is 1. The average Bonchev–Trinajstić information content (AvgIpc) is 2.69. The lowest BCUT2D eigenvalue weighted by Crippen LogP contribution is -2.50. The first-order chi connectivity index (χ1) is 13.4. The molecule has 1 N–H and O–H groups in total. The van der Waals surface area contributed by atoms with Crippen LogP contribution < -0.4 is 10.1 Å². The Bertz CT molecular complexity index is 775. The topological polar surface area (TPSA) is 58.6 Å². The summed E-state index contributed by atoms with van der Waals surface area (Å²) in [6, 6.07) is 12.7. The summed E-state index contributed by atoms with van der Waals surface area (Å²) in [5, 5.41) is 2.77. The molecule has 2 rings (SSSR count). The number of carbonyl (C=O) groups is 2. The number of carbonyl (C=O) groups excluding carboxylic acids is 2. The maximum atomic E-state index is 13.2. The Morgan fingerprint density at radius 1 is 1.07 bits per heavy atom. The first kappa shape index (κ1) is 21.4. The van der Waals surface area contributed by atoms with Crippen LogP contribution in [0.4, 0.5) is 4.39 Å². The highest BCUT2D eigenvalue weighted by atomic mass is 19.1. The van der Waals surface area contributed by atoms with E-state index in [1.54, 1.807) is 24.3 Å². The minimum atomic E-state index is -0.626. The molecular formula is C22H27FN2O3. The molecule has 0 aliphatic heterocycles. The van der Waals surface area contributed by atoms with Gasteiger partial charge in [-0.05, 0) is 50.1 Å². The van der Waals surface area contributed by atoms with Crippen molar-refractivity contribution in [3.63, 3.8) is 0 Å². The van der Waals surface area contributed by atoms with E-state index in [9.17, 15) is 14.0 Å². The Hall–Kier alpha value is -2.89. The van der Waals surface area contributed by atoms with Gasteiger partial charge >= 0.3 is 0 Å². The fraction of sp³-hybridized carbons (Fsp3) is 0.364. The maximum absolute atomic E-state index is 13.2. The van der Waals surface area contributed by atoms with Gasteiger partial charge in [-0.3, -0.25) is 9.59 Å². The summed E-state index contributed by atoms with van der Waals surface area (Å²) in [6.07, 6.45) is 0.462. The average molecular weight is 386 g/mol. The van der Waals surface area contributed by atoms with Crippen LogP contribution in [-0.4, -0.2) is 35.9 Å². The number of amides is 2. The molecule has 0 aliphatic rings. The van der Waals surface area contributed by atoms with Crippen molar-refractivity contribution in [3.8, 4) is 5.75 Å². The van der Waals surface area contributed by atoms with Crippen molar-refractivity contribution in [1.82, 2.24) is 10.2 Å². The smallest absolute Gasteiger partial charge is 0.261 e. The predicted molar refractivity (Wildman–Crippen MR) is 106 cm³/mol. The van der Waals surface area contributed by atoms with E-state index in [1.165, 1.54) is 17.0 Å². The Morgan fingerprint density at radius 2 is 1.71 bits per heavy atom. The van der Waals surface area contributed by atoms with Crippen molar-refractivity contribution in [2.24, 2.45) is 0 Å². The standard InChI is InChI=1S/C22H27FN2O3/c1-4-20(22(27)24-5-2)25(14-17-8-10-18(23)11-9-17)21(26)15-28-19-12-6-16(3)7-13-19/h6-13,20H,4-5,14-15H2,1-3H3,(H,24,27)/t20-/m1/s1. The first-order valence-corrected chi connectivity index (χ1v) is 9.45. The van der Waals surface area contributed by atoms with Crippen molar-refractivity contribution in [2.75, 3.05) is 13.2 Å². The lowest BCUT2D eigenvalue weighted by Gasteiger charge is -2.30. The molecular weight excluding hydrogens is 359 g/mol. The van der Waals surface area contributed by atoms with Gasteiger partial charge in [0.2, 0.25) is 5.91 Å². The Morgan fingerprint density at radius 3 is 2.29 bits per heavy atom. The first-order valence-electron chi connectivity index (χ1n) is 9.45. The number of ether oxygens (including phenoxy) is 1. The number of rotatable bonds is 9. The van der Waals surface area contributed by atoms with Gasteiger partial charge in [0.25, 0.3) is 5.91 Å². The van der Waals surface area contributed by atoms with Gasteiger partial charge in [0.1, 0.15) is 17.6 Å². The highest BCUT2D eigenvalue weighted by molar-refractivity contribution is 5.88. The number of nitrogens with zero attached hydrogens (tertiary/aromatic N) is 1. The molecule has 0 bridgehead atoms. The second kappa shape index (κ2) is 10.4. The third-order valence-electron chi connectivity index (χ3n) is 4.39. The van der Waals surface area contributed by atoms with Crippen molar-refractivity contribution in [1.29, 1.82) is 0 Å². The summed E-state index contributed by atoms with van der Waals surface area (Å²) >= 11 is 0. The van der Waals surface area contributed by atoms with Crippen molar-refractivity contribution < 1.29 is 18.7 Å². The van der Waals surface area contributed by atoms with E-state index in [1.807, 2.05) is 32.9 Å². The van der Waals surface area contributed by atoms with Crippen LogP contribution in [0.15, 0.2) is 48.5 Å². The van der Waals surface area contributed by atoms with E-state index >= 15 is 0 Å². The van der Waals surface area contributed by atoms with Crippen LogP contribution in [0.2, 0.25) is 0 Å². The second-order valence-electron chi connectivity index (χ2n) is 6.57. The van der Waals surface area contributed by atoms with Crippen LogP contribution >= 0.6 is 0 Å². The molecule has 0 radical (unpaired) electrons. The number of benzene rings is 2. The molecule has 0 fully saturated rings. The van der Waals surface area contributed by atoms with E-state index in [0.29, 0.717) is 18.7 Å². The zero-order valence-electron chi connectivity index (χ0n) is 16.6. The molecule has 6 heteroatoms. The number of halogens is 1. The third kappa shape index (κ3) is 6.08. The minimum absolute atomic E-state index is 0.180. The molecule has 0 unspecified atom stereocenters. The molecule has 5 nitrogen and oxygen atoms in total. The zero-order valence-corrected chi connectivity index (χ0v) is 16.6.